The van der Waals surface area contributed by atoms with Crippen LogP contribution in [0.15, 0.2) is 42.9 Å². The van der Waals surface area contributed by atoms with Gasteiger partial charge in [-0.15, -0.1) is 0 Å². The molecule has 0 saturated carbocycles. The van der Waals surface area contributed by atoms with Crippen molar-refractivity contribution >= 4 is 11.7 Å². The molecule has 0 spiro atoms. The van der Waals surface area contributed by atoms with Gasteiger partial charge in [-0.2, -0.15) is 5.26 Å². The van der Waals surface area contributed by atoms with E-state index in [2.05, 4.69) is 26.3 Å². The van der Waals surface area contributed by atoms with Gasteiger partial charge in [-0.25, -0.2) is 15.0 Å². The highest BCUT2D eigenvalue weighted by molar-refractivity contribution is 5.77. The van der Waals surface area contributed by atoms with E-state index in [0.717, 1.165) is 28.2 Å². The quantitative estimate of drug-likeness (QED) is 0.539. The fourth-order valence-electron chi connectivity index (χ4n) is 4.69. The number of anilines is 1. The minimum absolute atomic E-state index is 0.00971. The van der Waals surface area contributed by atoms with Gasteiger partial charge in [0.1, 0.15) is 36.7 Å². The third-order valence-electron chi connectivity index (χ3n) is 6.63. The smallest absolute Gasteiger partial charge is 0.248 e. The average Bonchev–Trinajstić information content (AvgIpc) is 3.38. The van der Waals surface area contributed by atoms with Crippen molar-refractivity contribution in [2.24, 2.45) is 0 Å². The summed E-state index contributed by atoms with van der Waals surface area (Å²) < 4.78 is 11.3. The number of nitriles is 1. The number of aliphatic hydroxyl groups excluding tert-OH is 1. The number of likely N-dealkylation sites (tertiary alicyclic amines) is 1. The fourth-order valence-corrected chi connectivity index (χ4v) is 4.69. The number of amides is 1. The molecule has 0 radical (unpaired) electrons. The number of hydrogen-bond acceptors (Lipinski definition) is 9. The number of pyridine rings is 1. The van der Waals surface area contributed by atoms with Crippen LogP contribution in [0, 0.1) is 11.3 Å². The maximum absolute atomic E-state index is 11.7. The summed E-state index contributed by atoms with van der Waals surface area (Å²) in [5, 5.41) is 22.3. The Hall–Kier alpha value is -4.23. The number of carbonyl (C=O) groups is 1. The summed E-state index contributed by atoms with van der Waals surface area (Å²) >= 11 is 0. The van der Waals surface area contributed by atoms with Crippen molar-refractivity contribution < 1.29 is 19.4 Å². The topological polar surface area (TPSA) is 133 Å². The lowest BCUT2D eigenvalue weighted by Crippen LogP contribution is -2.42. The molecular formula is C26H26N6O4. The van der Waals surface area contributed by atoms with Gasteiger partial charge in [0.2, 0.25) is 11.8 Å². The zero-order valence-corrected chi connectivity index (χ0v) is 19.8. The Morgan fingerprint density at radius 3 is 2.75 bits per heavy atom. The summed E-state index contributed by atoms with van der Waals surface area (Å²) in [6.07, 6.45) is 5.19. The van der Waals surface area contributed by atoms with Crippen LogP contribution in [0.25, 0.3) is 11.3 Å². The van der Waals surface area contributed by atoms with E-state index in [1.165, 1.54) is 6.33 Å². The Balaban J connectivity index is 1.33. The van der Waals surface area contributed by atoms with E-state index in [1.807, 2.05) is 18.2 Å². The molecule has 1 amide bonds. The summed E-state index contributed by atoms with van der Waals surface area (Å²) in [7, 11) is 1.59. The van der Waals surface area contributed by atoms with Gasteiger partial charge in [0.05, 0.1) is 24.4 Å². The minimum Gasteiger partial charge on any atom is -0.489 e. The van der Waals surface area contributed by atoms with E-state index >= 15 is 0 Å². The van der Waals surface area contributed by atoms with Crippen LogP contribution in [0.2, 0.25) is 0 Å². The second-order valence-electron chi connectivity index (χ2n) is 8.76. The maximum atomic E-state index is 11.7. The summed E-state index contributed by atoms with van der Waals surface area (Å²) in [6, 6.07) is 11.6. The number of aromatic nitrogens is 3. The van der Waals surface area contributed by atoms with E-state index in [1.54, 1.807) is 30.3 Å². The third kappa shape index (κ3) is 4.65. The number of methoxy groups -OCH3 is 1. The van der Waals surface area contributed by atoms with Crippen LogP contribution in [-0.4, -0.2) is 63.8 Å². The van der Waals surface area contributed by atoms with E-state index in [9.17, 15) is 10.1 Å². The van der Waals surface area contributed by atoms with E-state index < -0.39 is 6.61 Å². The number of fused-ring (bicyclic) bond motifs is 1. The molecule has 1 saturated heterocycles. The van der Waals surface area contributed by atoms with Crippen LogP contribution >= 0.6 is 0 Å². The van der Waals surface area contributed by atoms with Gasteiger partial charge in [0.25, 0.3) is 0 Å². The van der Waals surface area contributed by atoms with Gasteiger partial charge >= 0.3 is 0 Å². The number of hydrogen-bond donors (Lipinski definition) is 2. The van der Waals surface area contributed by atoms with Gasteiger partial charge in [-0.1, -0.05) is 6.07 Å². The van der Waals surface area contributed by atoms with Crippen molar-refractivity contribution in [3.8, 4) is 29.0 Å². The van der Waals surface area contributed by atoms with Crippen LogP contribution in [0.4, 0.5) is 5.82 Å². The van der Waals surface area contributed by atoms with Gasteiger partial charge < -0.3 is 24.8 Å². The van der Waals surface area contributed by atoms with Crippen molar-refractivity contribution in [3.05, 3.63) is 59.5 Å². The molecule has 3 aromatic rings. The molecule has 1 unspecified atom stereocenters. The van der Waals surface area contributed by atoms with Gasteiger partial charge in [0.15, 0.2) is 0 Å². The van der Waals surface area contributed by atoms with Crippen molar-refractivity contribution in [1.82, 2.24) is 19.9 Å². The first-order valence-corrected chi connectivity index (χ1v) is 11.8. The number of carbonyl (C=O) groups excluding carboxylic acids is 1. The largest absolute Gasteiger partial charge is 0.489 e. The van der Waals surface area contributed by atoms with Crippen molar-refractivity contribution in [1.29, 1.82) is 5.26 Å². The molecule has 1 atom stereocenters. The molecule has 2 aliphatic rings. The maximum Gasteiger partial charge on any atom is 0.248 e. The zero-order chi connectivity index (χ0) is 25.1. The lowest BCUT2D eigenvalue weighted by Gasteiger charge is -2.32. The van der Waals surface area contributed by atoms with Crippen LogP contribution in [-0.2, 0) is 11.2 Å². The molecule has 2 aliphatic heterocycles. The molecule has 5 rings (SSSR count). The Kier molecular flexibility index (Phi) is 6.64. The van der Waals surface area contributed by atoms with Crippen LogP contribution in [0.1, 0.15) is 35.6 Å². The molecule has 0 aliphatic carbocycles. The van der Waals surface area contributed by atoms with Crippen molar-refractivity contribution in [2.45, 2.75) is 31.4 Å². The SMILES string of the molecule is COc1ccc(C2Cc3c(ncnc3-c3ccc(OC4CCN(C(=O)CO)CC4)c(C#N)c3)N2)cn1. The summed E-state index contributed by atoms with van der Waals surface area (Å²) in [5.41, 5.74) is 4.02. The molecule has 10 nitrogen and oxygen atoms in total. The number of aliphatic hydroxyl groups is 1. The van der Waals surface area contributed by atoms with E-state index in [4.69, 9.17) is 14.6 Å². The number of nitrogens with zero attached hydrogens (tertiary/aromatic N) is 5. The molecule has 4 heterocycles. The zero-order valence-electron chi connectivity index (χ0n) is 19.8. The highest BCUT2D eigenvalue weighted by atomic mass is 16.5. The molecule has 0 bridgehead atoms. The highest BCUT2D eigenvalue weighted by Gasteiger charge is 2.28. The molecule has 2 aromatic heterocycles. The lowest BCUT2D eigenvalue weighted by molar-refractivity contribution is -0.135. The monoisotopic (exact) mass is 486 g/mol. The number of ether oxygens (including phenoxy) is 2. The second kappa shape index (κ2) is 10.2. The molecule has 10 heteroatoms. The van der Waals surface area contributed by atoms with Gasteiger partial charge in [-0.3, -0.25) is 4.79 Å². The Bertz CT molecular complexity index is 1300. The molecule has 1 fully saturated rings. The van der Waals surface area contributed by atoms with Crippen LogP contribution in [0.5, 0.6) is 11.6 Å². The Morgan fingerprint density at radius 2 is 2.06 bits per heavy atom. The van der Waals surface area contributed by atoms with Crippen molar-refractivity contribution in [2.75, 3.05) is 32.1 Å². The summed E-state index contributed by atoms with van der Waals surface area (Å²) in [6.45, 7) is 0.565. The van der Waals surface area contributed by atoms with Crippen molar-refractivity contribution in [3.63, 3.8) is 0 Å². The molecular weight excluding hydrogens is 460 g/mol. The van der Waals surface area contributed by atoms with Crippen LogP contribution < -0.4 is 14.8 Å². The van der Waals surface area contributed by atoms with Gasteiger partial charge in [-0.05, 0) is 23.8 Å². The lowest BCUT2D eigenvalue weighted by atomic mass is 9.99. The highest BCUT2D eigenvalue weighted by Crippen LogP contribution is 2.38. The fraction of sp³-hybridized carbons (Fsp3) is 0.346. The summed E-state index contributed by atoms with van der Waals surface area (Å²) in [4.78, 5) is 26.6. The number of benzene rings is 1. The normalized spacial score (nSPS) is 17.1. The molecule has 184 valence electrons. The molecule has 2 N–H and O–H groups in total. The van der Waals surface area contributed by atoms with E-state index in [0.29, 0.717) is 49.5 Å². The predicted molar refractivity (Wildman–Crippen MR) is 130 cm³/mol. The first-order chi connectivity index (χ1) is 17.6. The molecule has 1 aromatic carbocycles. The number of piperidine rings is 1. The minimum atomic E-state index is -0.481. The molecule has 36 heavy (non-hydrogen) atoms. The number of rotatable bonds is 6. The Labute approximate surface area is 208 Å². The first-order valence-electron chi connectivity index (χ1n) is 11.8. The van der Waals surface area contributed by atoms with Gasteiger partial charge in [0, 0.05) is 55.7 Å². The average molecular weight is 487 g/mol. The number of nitrogens with one attached hydrogen (secondary N) is 1. The second-order valence-corrected chi connectivity index (χ2v) is 8.76. The van der Waals surface area contributed by atoms with Crippen LogP contribution in [0.3, 0.4) is 0 Å². The third-order valence-corrected chi connectivity index (χ3v) is 6.63. The van der Waals surface area contributed by atoms with E-state index in [-0.39, 0.29) is 18.1 Å². The first kappa shape index (κ1) is 23.5. The summed E-state index contributed by atoms with van der Waals surface area (Å²) in [5.74, 6) is 1.57. The Morgan fingerprint density at radius 1 is 1.22 bits per heavy atom. The standard InChI is InChI=1S/C26H26N6O4/c1-35-23-5-3-17(13-28-23)21-11-20-25(29-15-30-26(20)31-21)16-2-4-22(18(10-16)12-27)36-19-6-8-32(9-7-19)24(34)14-33/h2-5,10,13,15,19,21,33H,6-9,11,14H2,1H3,(H,29,30,31). The predicted octanol–water partition coefficient (Wildman–Crippen LogP) is 2.49.